The standard InChI is InChI=1S/C16H19FN2/c1-11-4-3-5-15(16(11)18)19-12(2)10-13-6-8-14(17)9-7-13/h3-9,12,19H,10,18H2,1-2H3. The summed E-state index contributed by atoms with van der Waals surface area (Å²) in [4.78, 5) is 0. The van der Waals surface area contributed by atoms with E-state index in [2.05, 4.69) is 12.2 Å². The Kier molecular flexibility index (Phi) is 4.05. The number of nitrogen functional groups attached to an aromatic ring is 1. The van der Waals surface area contributed by atoms with E-state index >= 15 is 0 Å². The molecule has 0 aliphatic rings. The molecule has 3 heteroatoms. The van der Waals surface area contributed by atoms with E-state index in [0.29, 0.717) is 0 Å². The van der Waals surface area contributed by atoms with Crippen LogP contribution in [-0.4, -0.2) is 6.04 Å². The highest BCUT2D eigenvalue weighted by atomic mass is 19.1. The molecule has 0 aliphatic heterocycles. The molecule has 1 unspecified atom stereocenters. The van der Waals surface area contributed by atoms with Crippen LogP contribution >= 0.6 is 0 Å². The molecule has 2 aromatic carbocycles. The van der Waals surface area contributed by atoms with E-state index in [-0.39, 0.29) is 11.9 Å². The Balaban J connectivity index is 2.03. The number of hydrogen-bond acceptors (Lipinski definition) is 2. The Morgan fingerprint density at radius 2 is 1.84 bits per heavy atom. The Hall–Kier alpha value is -2.03. The van der Waals surface area contributed by atoms with Crippen LogP contribution in [0.5, 0.6) is 0 Å². The Morgan fingerprint density at radius 3 is 2.53 bits per heavy atom. The minimum Gasteiger partial charge on any atom is -0.397 e. The van der Waals surface area contributed by atoms with Crippen LogP contribution in [-0.2, 0) is 6.42 Å². The topological polar surface area (TPSA) is 38.0 Å². The average molecular weight is 258 g/mol. The van der Waals surface area contributed by atoms with E-state index in [0.717, 1.165) is 28.9 Å². The molecule has 19 heavy (non-hydrogen) atoms. The maximum atomic E-state index is 12.8. The predicted octanol–water partition coefficient (Wildman–Crippen LogP) is 3.76. The molecule has 100 valence electrons. The van der Waals surface area contributed by atoms with Crippen LogP contribution in [0.1, 0.15) is 18.1 Å². The monoisotopic (exact) mass is 258 g/mol. The van der Waals surface area contributed by atoms with Gasteiger partial charge >= 0.3 is 0 Å². The number of aryl methyl sites for hydroxylation is 1. The number of para-hydroxylation sites is 1. The molecular formula is C16H19FN2. The fraction of sp³-hybridized carbons (Fsp3) is 0.250. The molecule has 0 bridgehead atoms. The molecule has 2 nitrogen and oxygen atoms in total. The van der Waals surface area contributed by atoms with Gasteiger partial charge < -0.3 is 11.1 Å². The summed E-state index contributed by atoms with van der Waals surface area (Å²) in [6.07, 6.45) is 0.827. The highest BCUT2D eigenvalue weighted by Crippen LogP contribution is 2.23. The van der Waals surface area contributed by atoms with Gasteiger partial charge in [0.25, 0.3) is 0 Å². The number of nitrogens with two attached hydrogens (primary N) is 1. The first-order chi connectivity index (χ1) is 9.06. The fourth-order valence-corrected chi connectivity index (χ4v) is 2.10. The van der Waals surface area contributed by atoms with Crippen molar-refractivity contribution < 1.29 is 4.39 Å². The number of nitrogens with one attached hydrogen (secondary N) is 1. The van der Waals surface area contributed by atoms with Gasteiger partial charge in [-0.2, -0.15) is 0 Å². The van der Waals surface area contributed by atoms with Crippen LogP contribution in [0.2, 0.25) is 0 Å². The van der Waals surface area contributed by atoms with Crippen LogP contribution in [0, 0.1) is 12.7 Å². The maximum Gasteiger partial charge on any atom is 0.123 e. The molecule has 0 saturated heterocycles. The summed E-state index contributed by atoms with van der Waals surface area (Å²) in [5.74, 6) is -0.202. The minimum atomic E-state index is -0.202. The van der Waals surface area contributed by atoms with Gasteiger partial charge in [0.05, 0.1) is 11.4 Å². The van der Waals surface area contributed by atoms with Crippen molar-refractivity contribution in [2.24, 2.45) is 0 Å². The van der Waals surface area contributed by atoms with Crippen LogP contribution in [0.15, 0.2) is 42.5 Å². The first-order valence-corrected chi connectivity index (χ1v) is 6.42. The SMILES string of the molecule is Cc1cccc(NC(C)Cc2ccc(F)cc2)c1N. The molecule has 0 amide bonds. The molecule has 0 heterocycles. The van der Waals surface area contributed by atoms with E-state index in [1.54, 1.807) is 0 Å². The number of benzene rings is 2. The molecule has 2 rings (SSSR count). The van der Waals surface area contributed by atoms with E-state index in [1.807, 2.05) is 37.3 Å². The van der Waals surface area contributed by atoms with Crippen LogP contribution < -0.4 is 11.1 Å². The lowest BCUT2D eigenvalue weighted by molar-refractivity contribution is 0.626. The van der Waals surface area contributed by atoms with Crippen molar-refractivity contribution in [1.29, 1.82) is 0 Å². The molecule has 0 aromatic heterocycles. The third-order valence-electron chi connectivity index (χ3n) is 3.18. The minimum absolute atomic E-state index is 0.202. The smallest absolute Gasteiger partial charge is 0.123 e. The quantitative estimate of drug-likeness (QED) is 0.819. The molecule has 1 atom stereocenters. The lowest BCUT2D eigenvalue weighted by Crippen LogP contribution is -2.19. The summed E-state index contributed by atoms with van der Waals surface area (Å²) in [5.41, 5.74) is 9.94. The van der Waals surface area contributed by atoms with Crippen molar-refractivity contribution in [3.63, 3.8) is 0 Å². The van der Waals surface area contributed by atoms with Gasteiger partial charge in [0.15, 0.2) is 0 Å². The molecule has 0 saturated carbocycles. The Bertz CT molecular complexity index is 549. The van der Waals surface area contributed by atoms with Crippen molar-refractivity contribution >= 4 is 11.4 Å². The summed E-state index contributed by atoms with van der Waals surface area (Å²) in [6.45, 7) is 4.08. The van der Waals surface area contributed by atoms with Crippen LogP contribution in [0.4, 0.5) is 15.8 Å². The summed E-state index contributed by atoms with van der Waals surface area (Å²) < 4.78 is 12.8. The second-order valence-electron chi connectivity index (χ2n) is 4.91. The van der Waals surface area contributed by atoms with Gasteiger partial charge in [-0.3, -0.25) is 0 Å². The molecule has 0 radical (unpaired) electrons. The second-order valence-corrected chi connectivity index (χ2v) is 4.91. The first-order valence-electron chi connectivity index (χ1n) is 6.42. The van der Waals surface area contributed by atoms with E-state index in [9.17, 15) is 4.39 Å². The first kappa shape index (κ1) is 13.4. The Morgan fingerprint density at radius 1 is 1.16 bits per heavy atom. The number of anilines is 2. The highest BCUT2D eigenvalue weighted by molar-refractivity contribution is 5.69. The largest absolute Gasteiger partial charge is 0.397 e. The Labute approximate surface area is 113 Å². The van der Waals surface area contributed by atoms with Crippen molar-refractivity contribution in [3.05, 3.63) is 59.4 Å². The summed E-state index contributed by atoms with van der Waals surface area (Å²) in [7, 11) is 0. The third kappa shape index (κ3) is 3.47. The summed E-state index contributed by atoms with van der Waals surface area (Å²) in [6, 6.07) is 12.8. The van der Waals surface area contributed by atoms with E-state index in [1.165, 1.54) is 12.1 Å². The van der Waals surface area contributed by atoms with Gasteiger partial charge in [0.1, 0.15) is 5.82 Å². The van der Waals surface area contributed by atoms with Crippen molar-refractivity contribution in [1.82, 2.24) is 0 Å². The molecule has 2 aromatic rings. The van der Waals surface area contributed by atoms with E-state index < -0.39 is 0 Å². The molecular weight excluding hydrogens is 239 g/mol. The lowest BCUT2D eigenvalue weighted by atomic mass is 10.1. The average Bonchev–Trinajstić information content (AvgIpc) is 2.38. The van der Waals surface area contributed by atoms with Crippen molar-refractivity contribution in [2.45, 2.75) is 26.3 Å². The molecule has 0 spiro atoms. The van der Waals surface area contributed by atoms with Gasteiger partial charge in [-0.25, -0.2) is 4.39 Å². The zero-order valence-electron chi connectivity index (χ0n) is 11.3. The number of hydrogen-bond donors (Lipinski definition) is 2. The van der Waals surface area contributed by atoms with Gasteiger partial charge in [-0.1, -0.05) is 24.3 Å². The lowest BCUT2D eigenvalue weighted by Gasteiger charge is -2.17. The van der Waals surface area contributed by atoms with E-state index in [4.69, 9.17) is 5.73 Å². The highest BCUT2D eigenvalue weighted by Gasteiger charge is 2.07. The van der Waals surface area contributed by atoms with Crippen molar-refractivity contribution in [3.8, 4) is 0 Å². The molecule has 3 N–H and O–H groups in total. The third-order valence-corrected chi connectivity index (χ3v) is 3.18. The van der Waals surface area contributed by atoms with Crippen molar-refractivity contribution in [2.75, 3.05) is 11.1 Å². The second kappa shape index (κ2) is 5.74. The number of halogens is 1. The normalized spacial score (nSPS) is 12.2. The molecule has 0 fully saturated rings. The zero-order valence-corrected chi connectivity index (χ0v) is 11.3. The van der Waals surface area contributed by atoms with Crippen LogP contribution in [0.25, 0.3) is 0 Å². The maximum absolute atomic E-state index is 12.8. The summed E-state index contributed by atoms with van der Waals surface area (Å²) in [5, 5.41) is 3.40. The van der Waals surface area contributed by atoms with Gasteiger partial charge in [0.2, 0.25) is 0 Å². The fourth-order valence-electron chi connectivity index (χ4n) is 2.10. The van der Waals surface area contributed by atoms with Crippen LogP contribution in [0.3, 0.4) is 0 Å². The number of rotatable bonds is 4. The molecule has 0 aliphatic carbocycles. The van der Waals surface area contributed by atoms with Gasteiger partial charge in [-0.15, -0.1) is 0 Å². The van der Waals surface area contributed by atoms with Gasteiger partial charge in [0, 0.05) is 6.04 Å². The zero-order chi connectivity index (χ0) is 13.8. The predicted molar refractivity (Wildman–Crippen MR) is 78.8 cm³/mol. The van der Waals surface area contributed by atoms with Gasteiger partial charge in [-0.05, 0) is 49.6 Å². The summed E-state index contributed by atoms with van der Waals surface area (Å²) >= 11 is 0.